The van der Waals surface area contributed by atoms with E-state index in [2.05, 4.69) is 52.9 Å². The highest BCUT2D eigenvalue weighted by molar-refractivity contribution is 14.1. The molecule has 44 heavy (non-hydrogen) atoms. The summed E-state index contributed by atoms with van der Waals surface area (Å²) in [7, 11) is -3.95. The molecule has 0 aliphatic carbocycles. The highest BCUT2D eigenvalue weighted by Crippen LogP contribution is 2.26. The van der Waals surface area contributed by atoms with Crippen molar-refractivity contribution in [3.63, 3.8) is 0 Å². The predicted octanol–water partition coefficient (Wildman–Crippen LogP) is 1.52. The van der Waals surface area contributed by atoms with Crippen LogP contribution in [0.2, 0.25) is 0 Å². The minimum absolute atomic E-state index is 0.0686. The summed E-state index contributed by atoms with van der Waals surface area (Å²) in [5, 5.41) is 6.45. The second-order valence-electron chi connectivity index (χ2n) is 10.9. The number of alkyl halides is 1. The van der Waals surface area contributed by atoms with Crippen molar-refractivity contribution in [2.24, 2.45) is 4.99 Å². The number of aryl methyl sites for hydroxylation is 1. The normalized spacial score (nSPS) is 17.7. The lowest BCUT2D eigenvalue weighted by Crippen LogP contribution is -2.57. The number of sulfonamides is 1. The number of halogens is 1. The van der Waals surface area contributed by atoms with Crippen LogP contribution in [0.5, 0.6) is 0 Å². The fourth-order valence-corrected chi connectivity index (χ4v) is 7.00. The molecule has 7 N–H and O–H groups in total. The molecule has 1 spiro atoms. The number of anilines is 2. The highest BCUT2D eigenvalue weighted by Gasteiger charge is 2.42. The number of carbonyl (C=O) groups is 2. The number of nitrogens with two attached hydrogens (primary N) is 2. The van der Waals surface area contributed by atoms with E-state index in [0.717, 1.165) is 11.1 Å². The number of nitrogens with one attached hydrogen (secondary N) is 3. The van der Waals surface area contributed by atoms with Crippen LogP contribution < -0.4 is 26.8 Å². The minimum atomic E-state index is -3.95. The fraction of sp³-hybridized carbons (Fsp3) is 0.345. The SMILES string of the molecule is Cc1ccc(S(=O)(=O)N[C@@H](Cc2ccccc2)C(=O)N2CCC3(CC2)CN/C(=N\C(=O)c2nc(CI)c(N)nc2N)N3)cc1. The van der Waals surface area contributed by atoms with Gasteiger partial charge >= 0.3 is 5.91 Å². The standard InChI is InChI=1S/C29H34IN9O4S/c1-18-7-9-20(10-8-18)44(42,43)38-21(15-19-5-3-2-4-6-19)27(41)39-13-11-29(12-14-39)17-33-28(37-29)36-26(40)23-25(32)35-24(31)22(16-30)34-23/h2-10,21,38H,11-17H2,1H3,(H4,31,32,35)(H2,33,36,37,40)/t21-/m0/s1. The number of hydrogen-bond donors (Lipinski definition) is 5. The van der Waals surface area contributed by atoms with Crippen LogP contribution in [-0.2, 0) is 25.7 Å². The quantitative estimate of drug-likeness (QED) is 0.167. The zero-order chi connectivity index (χ0) is 31.5. The van der Waals surface area contributed by atoms with Gasteiger partial charge in [-0.2, -0.15) is 9.71 Å². The van der Waals surface area contributed by atoms with Gasteiger partial charge in [-0.05, 0) is 43.9 Å². The third-order valence-corrected chi connectivity index (χ3v) is 10.00. The van der Waals surface area contributed by atoms with E-state index in [0.29, 0.717) is 42.6 Å². The molecule has 3 aromatic rings. The Bertz CT molecular complexity index is 1680. The molecule has 15 heteroatoms. The number of aromatic nitrogens is 2. The van der Waals surface area contributed by atoms with Crippen molar-refractivity contribution in [2.45, 2.75) is 47.1 Å². The largest absolute Gasteiger partial charge is 0.382 e. The van der Waals surface area contributed by atoms with Gasteiger partial charge in [0.1, 0.15) is 11.9 Å². The molecule has 2 aliphatic rings. The van der Waals surface area contributed by atoms with Gasteiger partial charge in [0.15, 0.2) is 17.5 Å². The van der Waals surface area contributed by atoms with Crippen molar-refractivity contribution in [2.75, 3.05) is 31.1 Å². The van der Waals surface area contributed by atoms with Gasteiger partial charge in [0.25, 0.3) is 0 Å². The average Bonchev–Trinajstić information content (AvgIpc) is 3.38. The van der Waals surface area contributed by atoms with E-state index >= 15 is 0 Å². The first-order valence-electron chi connectivity index (χ1n) is 14.0. The van der Waals surface area contributed by atoms with Crippen molar-refractivity contribution >= 4 is 62.0 Å². The molecule has 0 saturated carbocycles. The number of amides is 2. The zero-order valence-electron chi connectivity index (χ0n) is 24.1. The van der Waals surface area contributed by atoms with Gasteiger partial charge in [0, 0.05) is 24.1 Å². The van der Waals surface area contributed by atoms with Gasteiger partial charge in [-0.1, -0.05) is 70.6 Å². The number of carbonyl (C=O) groups excluding carboxylic acids is 2. The Morgan fingerprint density at radius 3 is 2.41 bits per heavy atom. The van der Waals surface area contributed by atoms with E-state index in [1.807, 2.05) is 37.3 Å². The molecule has 0 radical (unpaired) electrons. The number of benzene rings is 2. The Morgan fingerprint density at radius 2 is 1.75 bits per heavy atom. The number of rotatable bonds is 8. The van der Waals surface area contributed by atoms with Crippen LogP contribution in [0.4, 0.5) is 11.6 Å². The Labute approximate surface area is 269 Å². The Hall–Kier alpha value is -3.83. The average molecular weight is 732 g/mol. The molecule has 0 unspecified atom stereocenters. The molecule has 1 aromatic heterocycles. The van der Waals surface area contributed by atoms with E-state index in [9.17, 15) is 18.0 Å². The first-order valence-corrected chi connectivity index (χ1v) is 17.0. The lowest BCUT2D eigenvalue weighted by molar-refractivity contribution is -0.134. The summed E-state index contributed by atoms with van der Waals surface area (Å²) in [5.74, 6) is -0.569. The summed E-state index contributed by atoms with van der Waals surface area (Å²) in [4.78, 5) is 40.8. The van der Waals surface area contributed by atoms with E-state index < -0.39 is 27.5 Å². The summed E-state index contributed by atoms with van der Waals surface area (Å²) in [6.07, 6.45) is 1.33. The maximum atomic E-state index is 13.8. The Kier molecular flexibility index (Phi) is 9.36. The minimum Gasteiger partial charge on any atom is -0.382 e. The predicted molar refractivity (Wildman–Crippen MR) is 175 cm³/mol. The number of likely N-dealkylation sites (tertiary alicyclic amines) is 1. The summed E-state index contributed by atoms with van der Waals surface area (Å²) in [6.45, 7) is 3.15. The van der Waals surface area contributed by atoms with Crippen LogP contribution >= 0.6 is 22.6 Å². The highest BCUT2D eigenvalue weighted by atomic mass is 127. The molecule has 5 rings (SSSR count). The summed E-state index contributed by atoms with van der Waals surface area (Å²) in [6, 6.07) is 14.8. The molecule has 13 nitrogen and oxygen atoms in total. The van der Waals surface area contributed by atoms with Crippen LogP contribution in [0.25, 0.3) is 0 Å². The number of guanidine groups is 1. The maximum absolute atomic E-state index is 13.8. The third-order valence-electron chi connectivity index (χ3n) is 7.79. The van der Waals surface area contributed by atoms with Crippen LogP contribution in [-0.4, -0.2) is 72.3 Å². The first-order chi connectivity index (χ1) is 21.0. The van der Waals surface area contributed by atoms with Crippen LogP contribution in [0.15, 0.2) is 64.5 Å². The van der Waals surface area contributed by atoms with Gasteiger partial charge < -0.3 is 27.0 Å². The first kappa shape index (κ1) is 31.6. The Morgan fingerprint density at radius 1 is 1.07 bits per heavy atom. The van der Waals surface area contributed by atoms with Crippen molar-refractivity contribution in [1.82, 2.24) is 30.2 Å². The number of hydrogen-bond acceptors (Lipinski definition) is 8. The van der Waals surface area contributed by atoms with Gasteiger partial charge in [0.2, 0.25) is 15.9 Å². The van der Waals surface area contributed by atoms with E-state index in [1.54, 1.807) is 17.0 Å². The number of nitrogen functional groups attached to an aromatic ring is 2. The van der Waals surface area contributed by atoms with Crippen molar-refractivity contribution < 1.29 is 18.0 Å². The van der Waals surface area contributed by atoms with E-state index in [-0.39, 0.29) is 40.5 Å². The monoisotopic (exact) mass is 731 g/mol. The van der Waals surface area contributed by atoms with Crippen molar-refractivity contribution in [3.8, 4) is 0 Å². The molecule has 2 amide bonds. The number of nitrogens with zero attached hydrogens (tertiary/aromatic N) is 4. The summed E-state index contributed by atoms with van der Waals surface area (Å²) >= 11 is 2.07. The molecular formula is C29H34IN9O4S. The molecule has 2 saturated heterocycles. The maximum Gasteiger partial charge on any atom is 0.302 e. The topological polar surface area (TPSA) is 198 Å². The molecule has 0 bridgehead atoms. The smallest absolute Gasteiger partial charge is 0.302 e. The van der Waals surface area contributed by atoms with Crippen LogP contribution in [0, 0.1) is 6.92 Å². The third kappa shape index (κ3) is 7.10. The van der Waals surface area contributed by atoms with Crippen molar-refractivity contribution in [3.05, 3.63) is 77.1 Å². The molecule has 2 aromatic carbocycles. The number of aliphatic imine (C=N–C) groups is 1. The molecule has 3 heterocycles. The second kappa shape index (κ2) is 13.0. The molecule has 1 atom stereocenters. The molecular weight excluding hydrogens is 697 g/mol. The second-order valence-corrected chi connectivity index (χ2v) is 13.4. The van der Waals surface area contributed by atoms with Gasteiger partial charge in [-0.3, -0.25) is 9.59 Å². The summed E-state index contributed by atoms with van der Waals surface area (Å²) < 4.78 is 29.7. The van der Waals surface area contributed by atoms with Crippen LogP contribution in [0.1, 0.15) is 40.2 Å². The lowest BCUT2D eigenvalue weighted by atomic mass is 9.88. The Balaban J connectivity index is 1.27. The lowest BCUT2D eigenvalue weighted by Gasteiger charge is -2.39. The zero-order valence-corrected chi connectivity index (χ0v) is 27.1. The molecule has 2 fully saturated rings. The summed E-state index contributed by atoms with van der Waals surface area (Å²) in [5.41, 5.74) is 13.4. The fourth-order valence-electron chi connectivity index (χ4n) is 5.25. The van der Waals surface area contributed by atoms with Crippen LogP contribution in [0.3, 0.4) is 0 Å². The van der Waals surface area contributed by atoms with Crippen molar-refractivity contribution in [1.29, 1.82) is 0 Å². The molecule has 2 aliphatic heterocycles. The number of piperidine rings is 1. The molecule has 232 valence electrons. The van der Waals surface area contributed by atoms with Gasteiger partial charge in [-0.15, -0.1) is 0 Å². The van der Waals surface area contributed by atoms with Gasteiger partial charge in [-0.25, -0.2) is 18.4 Å². The van der Waals surface area contributed by atoms with E-state index in [1.165, 1.54) is 12.1 Å². The van der Waals surface area contributed by atoms with E-state index in [4.69, 9.17) is 11.5 Å². The van der Waals surface area contributed by atoms with Gasteiger partial charge in [0.05, 0.1) is 16.1 Å².